The second-order valence-electron chi connectivity index (χ2n) is 4.58. The van der Waals surface area contributed by atoms with Crippen molar-refractivity contribution in [2.45, 2.75) is 39.7 Å². The molecule has 0 bridgehead atoms. The Bertz CT molecular complexity index is 522. The Morgan fingerprint density at radius 3 is 2.47 bits per heavy atom. The summed E-state index contributed by atoms with van der Waals surface area (Å²) in [5.74, 6) is 0.661. The Balaban J connectivity index is 2.17. The first-order chi connectivity index (χ1) is 9.24. The molecular formula is C15H20N4. The van der Waals surface area contributed by atoms with E-state index in [0.717, 1.165) is 24.1 Å². The molecule has 2 aromatic heterocycles. The van der Waals surface area contributed by atoms with Crippen LogP contribution in [-0.2, 0) is 6.42 Å². The van der Waals surface area contributed by atoms with E-state index in [1.54, 1.807) is 0 Å². The molecule has 0 aromatic carbocycles. The number of hydrogen-bond acceptors (Lipinski definition) is 4. The molecule has 0 aliphatic rings. The van der Waals surface area contributed by atoms with Gasteiger partial charge in [-0.15, -0.1) is 0 Å². The molecule has 4 heteroatoms. The molecule has 0 fully saturated rings. The van der Waals surface area contributed by atoms with E-state index in [1.165, 1.54) is 5.56 Å². The zero-order valence-corrected chi connectivity index (χ0v) is 11.7. The van der Waals surface area contributed by atoms with Gasteiger partial charge >= 0.3 is 0 Å². The molecular weight excluding hydrogens is 236 g/mol. The third-order valence-electron chi connectivity index (χ3n) is 3.21. The Labute approximate surface area is 114 Å². The van der Waals surface area contributed by atoms with Gasteiger partial charge in [-0.1, -0.05) is 19.9 Å². The highest BCUT2D eigenvalue weighted by Crippen LogP contribution is 2.21. The number of hydrogen-bond donors (Lipinski definition) is 1. The van der Waals surface area contributed by atoms with Crippen molar-refractivity contribution in [1.29, 1.82) is 0 Å². The SMILES string of the molecule is CCc1cnc(N[C@@H](CC)c2ncccc2C)nc1. The van der Waals surface area contributed by atoms with Crippen LogP contribution in [0.25, 0.3) is 0 Å². The first-order valence-corrected chi connectivity index (χ1v) is 6.73. The molecule has 19 heavy (non-hydrogen) atoms. The van der Waals surface area contributed by atoms with E-state index in [-0.39, 0.29) is 6.04 Å². The molecule has 0 saturated heterocycles. The van der Waals surface area contributed by atoms with Gasteiger partial charge < -0.3 is 5.32 Å². The number of anilines is 1. The standard InChI is InChI=1S/C15H20N4/c1-4-12-9-17-15(18-10-12)19-13(5-2)14-11(3)7-6-8-16-14/h6-10,13H,4-5H2,1-3H3,(H,17,18,19)/t13-/m0/s1. The first kappa shape index (κ1) is 13.5. The largest absolute Gasteiger partial charge is 0.346 e. The fourth-order valence-corrected chi connectivity index (χ4v) is 1.99. The molecule has 0 spiro atoms. The van der Waals surface area contributed by atoms with Crippen LogP contribution in [0.2, 0.25) is 0 Å². The van der Waals surface area contributed by atoms with Crippen molar-refractivity contribution >= 4 is 5.95 Å². The van der Waals surface area contributed by atoms with Crippen LogP contribution in [0.3, 0.4) is 0 Å². The van der Waals surface area contributed by atoms with Crippen LogP contribution in [0.1, 0.15) is 43.1 Å². The highest BCUT2D eigenvalue weighted by molar-refractivity contribution is 5.32. The second-order valence-corrected chi connectivity index (χ2v) is 4.58. The summed E-state index contributed by atoms with van der Waals surface area (Å²) in [5, 5.41) is 3.35. The van der Waals surface area contributed by atoms with Gasteiger partial charge in [-0.05, 0) is 37.0 Å². The maximum atomic E-state index is 4.46. The van der Waals surface area contributed by atoms with Crippen LogP contribution < -0.4 is 5.32 Å². The lowest BCUT2D eigenvalue weighted by molar-refractivity contribution is 0.707. The van der Waals surface area contributed by atoms with Gasteiger partial charge in [0.2, 0.25) is 5.95 Å². The summed E-state index contributed by atoms with van der Waals surface area (Å²) in [7, 11) is 0. The van der Waals surface area contributed by atoms with Crippen molar-refractivity contribution in [3.05, 3.63) is 47.5 Å². The average molecular weight is 256 g/mol. The predicted molar refractivity (Wildman–Crippen MR) is 77.0 cm³/mol. The molecule has 0 unspecified atom stereocenters. The van der Waals surface area contributed by atoms with Crippen LogP contribution >= 0.6 is 0 Å². The first-order valence-electron chi connectivity index (χ1n) is 6.73. The highest BCUT2D eigenvalue weighted by atomic mass is 15.1. The summed E-state index contributed by atoms with van der Waals surface area (Å²) in [6, 6.07) is 4.18. The van der Waals surface area contributed by atoms with E-state index < -0.39 is 0 Å². The number of rotatable bonds is 5. The minimum atomic E-state index is 0.147. The second kappa shape index (κ2) is 6.27. The number of nitrogens with one attached hydrogen (secondary N) is 1. The van der Waals surface area contributed by atoms with Crippen molar-refractivity contribution in [3.8, 4) is 0 Å². The molecule has 2 heterocycles. The number of pyridine rings is 1. The molecule has 1 atom stereocenters. The van der Waals surface area contributed by atoms with Gasteiger partial charge in [0, 0.05) is 18.6 Å². The van der Waals surface area contributed by atoms with Crippen molar-refractivity contribution < 1.29 is 0 Å². The summed E-state index contributed by atoms with van der Waals surface area (Å²) in [5.41, 5.74) is 3.40. The molecule has 100 valence electrons. The van der Waals surface area contributed by atoms with Gasteiger partial charge in [-0.2, -0.15) is 0 Å². The molecule has 2 rings (SSSR count). The Hall–Kier alpha value is -1.97. The normalized spacial score (nSPS) is 12.2. The van der Waals surface area contributed by atoms with Crippen LogP contribution in [-0.4, -0.2) is 15.0 Å². The van der Waals surface area contributed by atoms with Gasteiger partial charge in [-0.25, -0.2) is 9.97 Å². The minimum Gasteiger partial charge on any atom is -0.346 e. The lowest BCUT2D eigenvalue weighted by Gasteiger charge is -2.18. The lowest BCUT2D eigenvalue weighted by Crippen LogP contribution is -2.14. The van der Waals surface area contributed by atoms with Gasteiger partial charge in [0.15, 0.2) is 0 Å². The van der Waals surface area contributed by atoms with E-state index in [0.29, 0.717) is 5.95 Å². The maximum absolute atomic E-state index is 4.46. The van der Waals surface area contributed by atoms with Crippen molar-refractivity contribution in [1.82, 2.24) is 15.0 Å². The van der Waals surface area contributed by atoms with Crippen LogP contribution in [0, 0.1) is 6.92 Å². The third-order valence-corrected chi connectivity index (χ3v) is 3.21. The van der Waals surface area contributed by atoms with E-state index in [2.05, 4.69) is 47.1 Å². The maximum Gasteiger partial charge on any atom is 0.223 e. The zero-order valence-electron chi connectivity index (χ0n) is 11.7. The van der Waals surface area contributed by atoms with Crippen LogP contribution in [0.5, 0.6) is 0 Å². The molecule has 4 nitrogen and oxygen atoms in total. The molecule has 0 radical (unpaired) electrons. The number of aromatic nitrogens is 3. The minimum absolute atomic E-state index is 0.147. The van der Waals surface area contributed by atoms with E-state index in [4.69, 9.17) is 0 Å². The molecule has 0 saturated carbocycles. The van der Waals surface area contributed by atoms with Gasteiger partial charge in [0.1, 0.15) is 0 Å². The summed E-state index contributed by atoms with van der Waals surface area (Å²) in [4.78, 5) is 13.1. The lowest BCUT2D eigenvalue weighted by atomic mass is 10.1. The number of aryl methyl sites for hydroxylation is 2. The fraction of sp³-hybridized carbons (Fsp3) is 0.400. The Morgan fingerprint density at radius 1 is 1.16 bits per heavy atom. The van der Waals surface area contributed by atoms with Crippen molar-refractivity contribution in [3.63, 3.8) is 0 Å². The monoisotopic (exact) mass is 256 g/mol. The van der Waals surface area contributed by atoms with Crippen molar-refractivity contribution in [2.24, 2.45) is 0 Å². The predicted octanol–water partition coefficient (Wildman–Crippen LogP) is 3.31. The highest BCUT2D eigenvalue weighted by Gasteiger charge is 2.13. The Morgan fingerprint density at radius 2 is 1.89 bits per heavy atom. The van der Waals surface area contributed by atoms with Gasteiger partial charge in [0.05, 0.1) is 11.7 Å². The summed E-state index contributed by atoms with van der Waals surface area (Å²) in [6.45, 7) is 6.30. The molecule has 0 amide bonds. The zero-order chi connectivity index (χ0) is 13.7. The third kappa shape index (κ3) is 3.28. The quantitative estimate of drug-likeness (QED) is 0.891. The van der Waals surface area contributed by atoms with Gasteiger partial charge in [0.25, 0.3) is 0 Å². The van der Waals surface area contributed by atoms with Crippen LogP contribution in [0.4, 0.5) is 5.95 Å². The fourth-order valence-electron chi connectivity index (χ4n) is 1.99. The topological polar surface area (TPSA) is 50.7 Å². The van der Waals surface area contributed by atoms with E-state index in [9.17, 15) is 0 Å². The van der Waals surface area contributed by atoms with Crippen LogP contribution in [0.15, 0.2) is 30.7 Å². The Kier molecular flexibility index (Phi) is 4.44. The summed E-state index contributed by atoms with van der Waals surface area (Å²) < 4.78 is 0. The summed E-state index contributed by atoms with van der Waals surface area (Å²) >= 11 is 0. The number of nitrogens with zero attached hydrogens (tertiary/aromatic N) is 3. The van der Waals surface area contributed by atoms with Crippen molar-refractivity contribution in [2.75, 3.05) is 5.32 Å². The van der Waals surface area contributed by atoms with Gasteiger partial charge in [-0.3, -0.25) is 4.98 Å². The van der Waals surface area contributed by atoms with E-state index in [1.807, 2.05) is 24.7 Å². The molecule has 1 N–H and O–H groups in total. The molecule has 0 aliphatic heterocycles. The molecule has 0 aliphatic carbocycles. The molecule has 2 aromatic rings. The smallest absolute Gasteiger partial charge is 0.223 e. The summed E-state index contributed by atoms with van der Waals surface area (Å²) in [6.07, 6.45) is 7.46. The van der Waals surface area contributed by atoms with E-state index >= 15 is 0 Å². The average Bonchev–Trinajstić information content (AvgIpc) is 2.46.